The van der Waals surface area contributed by atoms with Gasteiger partial charge in [0.15, 0.2) is 0 Å². The quantitative estimate of drug-likeness (QED) is 0.403. The fraction of sp³-hybridized carbons (Fsp3) is 0.615. The minimum Gasteiger partial charge on any atom is -0.458 e. The third-order valence-electron chi connectivity index (χ3n) is 2.91. The van der Waals surface area contributed by atoms with Gasteiger partial charge in [0, 0.05) is 5.57 Å². The normalized spacial score (nSPS) is 17.9. The molecule has 0 saturated heterocycles. The van der Waals surface area contributed by atoms with E-state index in [4.69, 9.17) is 4.74 Å². The first-order valence-electron chi connectivity index (χ1n) is 5.72. The van der Waals surface area contributed by atoms with Crippen molar-refractivity contribution in [2.75, 3.05) is 6.61 Å². The molecular formula is C13H20O2. The van der Waals surface area contributed by atoms with Gasteiger partial charge in [0.25, 0.3) is 0 Å². The van der Waals surface area contributed by atoms with Gasteiger partial charge in [-0.25, -0.2) is 4.79 Å². The molecule has 1 saturated carbocycles. The van der Waals surface area contributed by atoms with Crippen molar-refractivity contribution in [3.05, 3.63) is 24.3 Å². The third kappa shape index (κ3) is 3.90. The summed E-state index contributed by atoms with van der Waals surface area (Å²) < 4.78 is 5.07. The van der Waals surface area contributed by atoms with E-state index >= 15 is 0 Å². The summed E-state index contributed by atoms with van der Waals surface area (Å²) in [5, 5.41) is 0. The molecule has 0 N–H and O–H groups in total. The minimum absolute atomic E-state index is 0.222. The molecular weight excluding hydrogens is 188 g/mol. The van der Waals surface area contributed by atoms with Gasteiger partial charge in [-0.1, -0.05) is 38.0 Å². The Kier molecular flexibility index (Phi) is 5.16. The van der Waals surface area contributed by atoms with E-state index in [1.807, 2.05) is 19.1 Å². The molecule has 0 aromatic heterocycles. The van der Waals surface area contributed by atoms with Crippen LogP contribution in [0.25, 0.3) is 0 Å². The molecule has 84 valence electrons. The van der Waals surface area contributed by atoms with Gasteiger partial charge >= 0.3 is 5.97 Å². The Hall–Kier alpha value is -1.05. The Balaban J connectivity index is 2.34. The van der Waals surface area contributed by atoms with Crippen LogP contribution >= 0.6 is 0 Å². The fourth-order valence-electron chi connectivity index (χ4n) is 1.93. The number of carbonyl (C=O) groups is 1. The molecule has 15 heavy (non-hydrogen) atoms. The molecule has 2 nitrogen and oxygen atoms in total. The Bertz CT molecular complexity index is 247. The average Bonchev–Trinajstić information content (AvgIpc) is 2.29. The highest BCUT2D eigenvalue weighted by molar-refractivity contribution is 5.88. The lowest BCUT2D eigenvalue weighted by molar-refractivity contribution is -0.138. The van der Waals surface area contributed by atoms with Crippen LogP contribution in [-0.2, 0) is 9.53 Å². The number of allylic oxidation sites excluding steroid dienone is 1. The Morgan fingerprint density at radius 3 is 2.67 bits per heavy atom. The molecule has 0 radical (unpaired) electrons. The predicted molar refractivity (Wildman–Crippen MR) is 61.5 cm³/mol. The van der Waals surface area contributed by atoms with Gasteiger partial charge in [-0.3, -0.25) is 0 Å². The summed E-state index contributed by atoms with van der Waals surface area (Å²) in [5.74, 6) is 0.136. The SMILES string of the molecule is C=C(C(=O)OCC=CC)C1CCCCC1. The van der Waals surface area contributed by atoms with E-state index in [9.17, 15) is 4.79 Å². The van der Waals surface area contributed by atoms with Crippen molar-refractivity contribution in [1.82, 2.24) is 0 Å². The monoisotopic (exact) mass is 208 g/mol. The second kappa shape index (κ2) is 6.44. The first-order chi connectivity index (χ1) is 7.25. The first kappa shape index (κ1) is 12.0. The summed E-state index contributed by atoms with van der Waals surface area (Å²) in [6.07, 6.45) is 9.60. The summed E-state index contributed by atoms with van der Waals surface area (Å²) >= 11 is 0. The van der Waals surface area contributed by atoms with Crippen molar-refractivity contribution in [2.24, 2.45) is 5.92 Å². The molecule has 1 rings (SSSR count). The maximum atomic E-state index is 11.6. The summed E-state index contributed by atoms with van der Waals surface area (Å²) in [4.78, 5) is 11.6. The van der Waals surface area contributed by atoms with E-state index in [1.54, 1.807) is 0 Å². The van der Waals surface area contributed by atoms with Crippen LogP contribution in [0.1, 0.15) is 39.0 Å². The van der Waals surface area contributed by atoms with Crippen LogP contribution in [0, 0.1) is 5.92 Å². The number of ether oxygens (including phenoxy) is 1. The zero-order valence-corrected chi connectivity index (χ0v) is 9.50. The molecule has 0 atom stereocenters. The smallest absolute Gasteiger partial charge is 0.333 e. The van der Waals surface area contributed by atoms with Crippen molar-refractivity contribution < 1.29 is 9.53 Å². The lowest BCUT2D eigenvalue weighted by Gasteiger charge is -2.22. The zero-order chi connectivity index (χ0) is 11.1. The largest absolute Gasteiger partial charge is 0.458 e. The minimum atomic E-state index is -0.222. The Labute approximate surface area is 92.0 Å². The van der Waals surface area contributed by atoms with E-state index in [0.717, 1.165) is 12.8 Å². The molecule has 0 spiro atoms. The van der Waals surface area contributed by atoms with Crippen LogP contribution in [0.4, 0.5) is 0 Å². The van der Waals surface area contributed by atoms with Crippen molar-refractivity contribution in [3.8, 4) is 0 Å². The molecule has 0 unspecified atom stereocenters. The Morgan fingerprint density at radius 2 is 2.07 bits per heavy atom. The number of hydrogen-bond acceptors (Lipinski definition) is 2. The standard InChI is InChI=1S/C13H20O2/c1-3-4-10-15-13(14)11(2)12-8-6-5-7-9-12/h3-4,12H,2,5-10H2,1H3. The van der Waals surface area contributed by atoms with E-state index < -0.39 is 0 Å². The molecule has 0 bridgehead atoms. The molecule has 0 aliphatic heterocycles. The third-order valence-corrected chi connectivity index (χ3v) is 2.91. The van der Waals surface area contributed by atoms with Gasteiger partial charge in [-0.2, -0.15) is 0 Å². The van der Waals surface area contributed by atoms with Gasteiger partial charge in [0.05, 0.1) is 0 Å². The van der Waals surface area contributed by atoms with Crippen LogP contribution in [0.5, 0.6) is 0 Å². The number of esters is 1. The lowest BCUT2D eigenvalue weighted by atomic mass is 9.84. The van der Waals surface area contributed by atoms with Crippen LogP contribution < -0.4 is 0 Å². The average molecular weight is 208 g/mol. The predicted octanol–water partition coefficient (Wildman–Crippen LogP) is 3.24. The topological polar surface area (TPSA) is 26.3 Å². The molecule has 1 aliphatic rings. The number of carbonyl (C=O) groups excluding carboxylic acids is 1. The van der Waals surface area contributed by atoms with Gasteiger partial charge in [0.1, 0.15) is 6.61 Å². The van der Waals surface area contributed by atoms with E-state index in [0.29, 0.717) is 18.1 Å². The summed E-state index contributed by atoms with van der Waals surface area (Å²) in [6.45, 7) is 6.13. The van der Waals surface area contributed by atoms with E-state index in [1.165, 1.54) is 19.3 Å². The van der Waals surface area contributed by atoms with Gasteiger partial charge in [-0.15, -0.1) is 0 Å². The zero-order valence-electron chi connectivity index (χ0n) is 9.50. The number of rotatable bonds is 4. The highest BCUT2D eigenvalue weighted by Gasteiger charge is 2.21. The van der Waals surface area contributed by atoms with Crippen LogP contribution in [0.15, 0.2) is 24.3 Å². The lowest BCUT2D eigenvalue weighted by Crippen LogP contribution is -2.17. The molecule has 0 heterocycles. The summed E-state index contributed by atoms with van der Waals surface area (Å²) in [6, 6.07) is 0. The van der Waals surface area contributed by atoms with E-state index in [-0.39, 0.29) is 5.97 Å². The molecule has 1 fully saturated rings. The van der Waals surface area contributed by atoms with Gasteiger partial charge < -0.3 is 4.74 Å². The second-order valence-corrected chi connectivity index (χ2v) is 4.03. The Morgan fingerprint density at radius 1 is 1.40 bits per heavy atom. The first-order valence-corrected chi connectivity index (χ1v) is 5.72. The molecule has 0 amide bonds. The fourth-order valence-corrected chi connectivity index (χ4v) is 1.93. The molecule has 2 heteroatoms. The van der Waals surface area contributed by atoms with Crippen molar-refractivity contribution in [2.45, 2.75) is 39.0 Å². The maximum Gasteiger partial charge on any atom is 0.333 e. The van der Waals surface area contributed by atoms with Crippen LogP contribution in [0.3, 0.4) is 0 Å². The van der Waals surface area contributed by atoms with Crippen LogP contribution in [-0.4, -0.2) is 12.6 Å². The molecule has 0 aromatic carbocycles. The maximum absolute atomic E-state index is 11.6. The summed E-state index contributed by atoms with van der Waals surface area (Å²) in [7, 11) is 0. The van der Waals surface area contributed by atoms with Gasteiger partial charge in [-0.05, 0) is 25.7 Å². The van der Waals surface area contributed by atoms with Crippen molar-refractivity contribution >= 4 is 5.97 Å². The van der Waals surface area contributed by atoms with Gasteiger partial charge in [0.2, 0.25) is 0 Å². The van der Waals surface area contributed by atoms with Crippen molar-refractivity contribution in [1.29, 1.82) is 0 Å². The summed E-state index contributed by atoms with van der Waals surface area (Å²) in [5.41, 5.74) is 0.666. The highest BCUT2D eigenvalue weighted by Crippen LogP contribution is 2.29. The molecule has 0 aromatic rings. The number of hydrogen-bond donors (Lipinski definition) is 0. The van der Waals surface area contributed by atoms with E-state index in [2.05, 4.69) is 6.58 Å². The van der Waals surface area contributed by atoms with Crippen LogP contribution in [0.2, 0.25) is 0 Å². The second-order valence-electron chi connectivity index (χ2n) is 4.03. The van der Waals surface area contributed by atoms with Crippen molar-refractivity contribution in [3.63, 3.8) is 0 Å². The molecule has 1 aliphatic carbocycles. The highest BCUT2D eigenvalue weighted by atomic mass is 16.5.